The Labute approximate surface area is 85.2 Å². The summed E-state index contributed by atoms with van der Waals surface area (Å²) in [4.78, 5) is 12.0. The maximum Gasteiger partial charge on any atom is 0.312 e. The van der Waals surface area contributed by atoms with Crippen LogP contribution < -0.4 is 5.32 Å². The Morgan fingerprint density at radius 1 is 1.43 bits per heavy atom. The summed E-state index contributed by atoms with van der Waals surface area (Å²) >= 11 is 0. The monoisotopic (exact) mass is 197 g/mol. The van der Waals surface area contributed by atoms with Gasteiger partial charge in [0.25, 0.3) is 0 Å². The largest absolute Gasteiger partial charge is 0.466 e. The van der Waals surface area contributed by atoms with Crippen molar-refractivity contribution in [3.8, 4) is 0 Å². The van der Waals surface area contributed by atoms with E-state index in [4.69, 9.17) is 4.74 Å². The quantitative estimate of drug-likeness (QED) is 0.694. The van der Waals surface area contributed by atoms with Gasteiger partial charge in [-0.15, -0.1) is 0 Å². The molecule has 2 aliphatic rings. The molecule has 3 heteroatoms. The second-order valence-electron chi connectivity index (χ2n) is 4.40. The molecular weight excluding hydrogens is 178 g/mol. The molecule has 1 aliphatic heterocycles. The highest BCUT2D eigenvalue weighted by Gasteiger charge is 2.51. The summed E-state index contributed by atoms with van der Waals surface area (Å²) < 4.78 is 5.22. The lowest BCUT2D eigenvalue weighted by Gasteiger charge is -2.35. The number of esters is 1. The third kappa shape index (κ3) is 1.65. The summed E-state index contributed by atoms with van der Waals surface area (Å²) in [5.41, 5.74) is -0.124. The molecule has 0 amide bonds. The molecule has 1 saturated carbocycles. The van der Waals surface area contributed by atoms with Gasteiger partial charge < -0.3 is 10.1 Å². The highest BCUT2D eigenvalue weighted by atomic mass is 16.5. The van der Waals surface area contributed by atoms with Crippen molar-refractivity contribution in [3.05, 3.63) is 0 Å². The van der Waals surface area contributed by atoms with Crippen LogP contribution in [0.2, 0.25) is 0 Å². The topological polar surface area (TPSA) is 38.3 Å². The molecular formula is C11H19NO2. The average Bonchev–Trinajstić information content (AvgIpc) is 3.03. The molecule has 0 aromatic heterocycles. The van der Waals surface area contributed by atoms with Crippen LogP contribution in [0.4, 0.5) is 0 Å². The molecule has 1 N–H and O–H groups in total. The molecule has 80 valence electrons. The van der Waals surface area contributed by atoms with Gasteiger partial charge in [-0.05, 0) is 51.6 Å². The van der Waals surface area contributed by atoms with Gasteiger partial charge in [0, 0.05) is 0 Å². The molecule has 14 heavy (non-hydrogen) atoms. The van der Waals surface area contributed by atoms with E-state index in [2.05, 4.69) is 5.32 Å². The van der Waals surface area contributed by atoms with Crippen LogP contribution in [-0.2, 0) is 9.53 Å². The zero-order valence-electron chi connectivity index (χ0n) is 8.84. The number of carbonyl (C=O) groups excluding carboxylic acids is 1. The normalized spacial score (nSPS) is 25.8. The smallest absolute Gasteiger partial charge is 0.312 e. The summed E-state index contributed by atoms with van der Waals surface area (Å²) in [6.07, 6.45) is 4.38. The minimum atomic E-state index is -0.124. The van der Waals surface area contributed by atoms with Gasteiger partial charge in [0.2, 0.25) is 0 Å². The van der Waals surface area contributed by atoms with Crippen LogP contribution in [0.5, 0.6) is 0 Å². The number of nitrogens with one attached hydrogen (secondary N) is 1. The maximum absolute atomic E-state index is 12.0. The first kappa shape index (κ1) is 9.97. The van der Waals surface area contributed by atoms with E-state index in [0.717, 1.165) is 25.9 Å². The van der Waals surface area contributed by atoms with Crippen LogP contribution in [0, 0.1) is 11.3 Å². The second-order valence-corrected chi connectivity index (χ2v) is 4.40. The molecule has 0 atom stereocenters. The lowest BCUT2D eigenvalue weighted by molar-refractivity contribution is -0.158. The number of hydrogen-bond acceptors (Lipinski definition) is 3. The second kappa shape index (κ2) is 3.89. The molecule has 0 aromatic carbocycles. The summed E-state index contributed by atoms with van der Waals surface area (Å²) in [6.45, 7) is 4.34. The van der Waals surface area contributed by atoms with Crippen molar-refractivity contribution in [1.29, 1.82) is 0 Å². The van der Waals surface area contributed by atoms with Crippen molar-refractivity contribution in [2.45, 2.75) is 32.6 Å². The molecule has 1 saturated heterocycles. The van der Waals surface area contributed by atoms with Gasteiger partial charge in [-0.1, -0.05) is 0 Å². The van der Waals surface area contributed by atoms with Crippen molar-refractivity contribution in [3.63, 3.8) is 0 Å². The van der Waals surface area contributed by atoms with Crippen molar-refractivity contribution in [2.75, 3.05) is 19.7 Å². The van der Waals surface area contributed by atoms with E-state index in [1.54, 1.807) is 0 Å². The minimum Gasteiger partial charge on any atom is -0.466 e. The van der Waals surface area contributed by atoms with Crippen molar-refractivity contribution < 1.29 is 9.53 Å². The molecule has 0 aromatic rings. The van der Waals surface area contributed by atoms with Crippen LogP contribution in [-0.4, -0.2) is 25.7 Å². The molecule has 2 fully saturated rings. The van der Waals surface area contributed by atoms with Gasteiger partial charge in [0.05, 0.1) is 12.0 Å². The lowest BCUT2D eigenvalue weighted by Crippen LogP contribution is -2.44. The van der Waals surface area contributed by atoms with E-state index in [-0.39, 0.29) is 11.4 Å². The van der Waals surface area contributed by atoms with Gasteiger partial charge in [-0.25, -0.2) is 0 Å². The zero-order chi connectivity index (χ0) is 10.0. The van der Waals surface area contributed by atoms with Gasteiger partial charge in [0.15, 0.2) is 0 Å². The summed E-state index contributed by atoms with van der Waals surface area (Å²) in [6, 6.07) is 0. The Kier molecular flexibility index (Phi) is 2.77. The Balaban J connectivity index is 2.07. The Hall–Kier alpha value is -0.570. The predicted molar refractivity (Wildman–Crippen MR) is 53.9 cm³/mol. The fraction of sp³-hybridized carbons (Fsp3) is 0.909. The molecule has 0 radical (unpaired) electrons. The van der Waals surface area contributed by atoms with E-state index in [9.17, 15) is 4.79 Å². The van der Waals surface area contributed by atoms with E-state index >= 15 is 0 Å². The minimum absolute atomic E-state index is 0.0593. The van der Waals surface area contributed by atoms with Crippen LogP contribution in [0.3, 0.4) is 0 Å². The fourth-order valence-corrected chi connectivity index (χ4v) is 2.56. The first-order chi connectivity index (χ1) is 6.79. The summed E-state index contributed by atoms with van der Waals surface area (Å²) in [7, 11) is 0. The number of carbonyl (C=O) groups is 1. The Bertz CT molecular complexity index is 217. The molecule has 3 nitrogen and oxygen atoms in total. The SMILES string of the molecule is CCOC(=O)C1(C2CC2)CCNCC1. The number of ether oxygens (including phenoxy) is 1. The fourth-order valence-electron chi connectivity index (χ4n) is 2.56. The Morgan fingerprint density at radius 2 is 2.07 bits per heavy atom. The Morgan fingerprint density at radius 3 is 2.57 bits per heavy atom. The average molecular weight is 197 g/mol. The number of piperidine rings is 1. The summed E-state index contributed by atoms with van der Waals surface area (Å²) in [5, 5.41) is 3.31. The van der Waals surface area contributed by atoms with Crippen molar-refractivity contribution >= 4 is 5.97 Å². The molecule has 1 aliphatic carbocycles. The maximum atomic E-state index is 12.0. The highest BCUT2D eigenvalue weighted by Crippen LogP contribution is 2.51. The van der Waals surface area contributed by atoms with Crippen LogP contribution in [0.15, 0.2) is 0 Å². The molecule has 0 bridgehead atoms. The zero-order valence-corrected chi connectivity index (χ0v) is 8.84. The molecule has 2 rings (SSSR count). The molecule has 0 unspecified atom stereocenters. The van der Waals surface area contributed by atoms with Crippen LogP contribution >= 0.6 is 0 Å². The van der Waals surface area contributed by atoms with E-state index in [0.29, 0.717) is 12.5 Å². The standard InChI is InChI=1S/C11H19NO2/c1-2-14-10(13)11(9-3-4-9)5-7-12-8-6-11/h9,12H,2-8H2,1H3. The van der Waals surface area contributed by atoms with Crippen LogP contribution in [0.25, 0.3) is 0 Å². The van der Waals surface area contributed by atoms with E-state index in [1.165, 1.54) is 12.8 Å². The third-order valence-corrected chi connectivity index (χ3v) is 3.54. The van der Waals surface area contributed by atoms with Crippen LogP contribution in [0.1, 0.15) is 32.6 Å². The molecule has 0 spiro atoms. The first-order valence-electron chi connectivity index (χ1n) is 5.67. The van der Waals surface area contributed by atoms with Gasteiger partial charge in [-0.3, -0.25) is 4.79 Å². The summed E-state index contributed by atoms with van der Waals surface area (Å²) in [5.74, 6) is 0.674. The number of hydrogen-bond donors (Lipinski definition) is 1. The highest BCUT2D eigenvalue weighted by molar-refractivity contribution is 5.78. The predicted octanol–water partition coefficient (Wildman–Crippen LogP) is 1.33. The number of rotatable bonds is 3. The first-order valence-corrected chi connectivity index (χ1v) is 5.67. The van der Waals surface area contributed by atoms with E-state index in [1.807, 2.05) is 6.92 Å². The van der Waals surface area contributed by atoms with Gasteiger partial charge in [0.1, 0.15) is 0 Å². The lowest BCUT2D eigenvalue weighted by atomic mass is 9.74. The third-order valence-electron chi connectivity index (χ3n) is 3.54. The van der Waals surface area contributed by atoms with Crippen molar-refractivity contribution in [2.24, 2.45) is 11.3 Å². The van der Waals surface area contributed by atoms with Crippen molar-refractivity contribution in [1.82, 2.24) is 5.32 Å². The van der Waals surface area contributed by atoms with E-state index < -0.39 is 0 Å². The molecule has 1 heterocycles. The van der Waals surface area contributed by atoms with Gasteiger partial charge >= 0.3 is 5.97 Å². The van der Waals surface area contributed by atoms with Gasteiger partial charge in [-0.2, -0.15) is 0 Å².